The van der Waals surface area contributed by atoms with Gasteiger partial charge in [-0.25, -0.2) is 0 Å². The highest BCUT2D eigenvalue weighted by Crippen LogP contribution is 2.35. The third-order valence-electron chi connectivity index (χ3n) is 4.34. The Morgan fingerprint density at radius 2 is 1.96 bits per heavy atom. The van der Waals surface area contributed by atoms with Crippen molar-refractivity contribution in [3.05, 3.63) is 58.0 Å². The molecule has 4 rings (SSSR count). The highest BCUT2D eigenvalue weighted by atomic mass is 32.1. The van der Waals surface area contributed by atoms with Gasteiger partial charge in [-0.15, -0.1) is 0 Å². The molecule has 0 unspecified atom stereocenters. The Balaban J connectivity index is 1.53. The highest BCUT2D eigenvalue weighted by Gasteiger charge is 2.35. The second kappa shape index (κ2) is 6.85. The summed E-state index contributed by atoms with van der Waals surface area (Å²) in [6, 6.07) is 7.87. The number of hydrogen-bond acceptors (Lipinski definition) is 5. The number of alkyl halides is 3. The minimum atomic E-state index is -4.36. The third kappa shape index (κ3) is 3.81. The lowest BCUT2D eigenvalue weighted by atomic mass is 10.1. The predicted molar refractivity (Wildman–Crippen MR) is 91.3 cm³/mol. The Hall–Kier alpha value is -2.19. The van der Waals surface area contributed by atoms with Crippen LogP contribution in [0.25, 0.3) is 11.5 Å². The molecule has 136 valence electrons. The van der Waals surface area contributed by atoms with E-state index in [0.29, 0.717) is 18.3 Å². The molecule has 1 fully saturated rings. The molecule has 2 heterocycles. The van der Waals surface area contributed by atoms with Gasteiger partial charge in [0, 0.05) is 18.0 Å². The lowest BCUT2D eigenvalue weighted by Gasteiger charge is -2.22. The van der Waals surface area contributed by atoms with Gasteiger partial charge >= 0.3 is 6.18 Å². The molecule has 1 aromatic carbocycles. The SMILES string of the molecule is FC(F)(F)c1ccccc1CN(Cc1noc(-c2ccsc2)n1)C1CC1. The first-order chi connectivity index (χ1) is 12.5. The van der Waals surface area contributed by atoms with Gasteiger partial charge in [-0.3, -0.25) is 4.90 Å². The van der Waals surface area contributed by atoms with Crippen LogP contribution in [0.15, 0.2) is 45.6 Å². The molecule has 3 aromatic rings. The van der Waals surface area contributed by atoms with Crippen molar-refractivity contribution < 1.29 is 17.7 Å². The van der Waals surface area contributed by atoms with E-state index in [1.165, 1.54) is 23.5 Å². The van der Waals surface area contributed by atoms with Crippen LogP contribution in [-0.2, 0) is 19.3 Å². The average molecular weight is 379 g/mol. The fraction of sp³-hybridized carbons (Fsp3) is 0.333. The van der Waals surface area contributed by atoms with E-state index in [-0.39, 0.29) is 18.2 Å². The average Bonchev–Trinajstić information content (AvgIpc) is 3.11. The van der Waals surface area contributed by atoms with Crippen LogP contribution < -0.4 is 0 Å². The van der Waals surface area contributed by atoms with E-state index in [1.54, 1.807) is 6.07 Å². The number of nitrogens with zero attached hydrogens (tertiary/aromatic N) is 3. The van der Waals surface area contributed by atoms with Crippen LogP contribution in [0.2, 0.25) is 0 Å². The van der Waals surface area contributed by atoms with Crippen molar-refractivity contribution in [3.8, 4) is 11.5 Å². The minimum Gasteiger partial charge on any atom is -0.334 e. The first kappa shape index (κ1) is 17.2. The van der Waals surface area contributed by atoms with Crippen molar-refractivity contribution in [3.63, 3.8) is 0 Å². The largest absolute Gasteiger partial charge is 0.416 e. The van der Waals surface area contributed by atoms with E-state index in [1.807, 2.05) is 21.7 Å². The molecule has 0 atom stereocenters. The van der Waals surface area contributed by atoms with Crippen molar-refractivity contribution in [2.45, 2.75) is 38.1 Å². The predicted octanol–water partition coefficient (Wildman–Crippen LogP) is 4.98. The number of hydrogen-bond donors (Lipinski definition) is 0. The van der Waals surface area contributed by atoms with Gasteiger partial charge in [0.15, 0.2) is 5.82 Å². The van der Waals surface area contributed by atoms with Gasteiger partial charge in [-0.05, 0) is 35.9 Å². The Morgan fingerprint density at radius 3 is 2.65 bits per heavy atom. The molecule has 0 bridgehead atoms. The molecule has 8 heteroatoms. The van der Waals surface area contributed by atoms with Gasteiger partial charge in [-0.1, -0.05) is 23.4 Å². The Labute approximate surface area is 152 Å². The van der Waals surface area contributed by atoms with E-state index in [2.05, 4.69) is 10.1 Å². The molecule has 0 aliphatic heterocycles. The molecule has 1 aliphatic carbocycles. The summed E-state index contributed by atoms with van der Waals surface area (Å²) < 4.78 is 45.0. The van der Waals surface area contributed by atoms with Crippen LogP contribution in [0.5, 0.6) is 0 Å². The molecule has 26 heavy (non-hydrogen) atoms. The Kier molecular flexibility index (Phi) is 4.54. The molecule has 0 radical (unpaired) electrons. The Morgan fingerprint density at radius 1 is 1.15 bits per heavy atom. The Bertz CT molecular complexity index is 872. The number of aromatic nitrogens is 2. The molecular weight excluding hydrogens is 363 g/mol. The zero-order valence-electron chi connectivity index (χ0n) is 13.7. The molecular formula is C18H16F3N3OS. The highest BCUT2D eigenvalue weighted by molar-refractivity contribution is 7.08. The fourth-order valence-electron chi connectivity index (χ4n) is 2.91. The zero-order chi connectivity index (χ0) is 18.1. The number of rotatable bonds is 6. The number of thiophene rings is 1. The van der Waals surface area contributed by atoms with Gasteiger partial charge in [0.25, 0.3) is 5.89 Å². The van der Waals surface area contributed by atoms with Crippen molar-refractivity contribution in [1.29, 1.82) is 0 Å². The van der Waals surface area contributed by atoms with Crippen LogP contribution in [0, 0.1) is 0 Å². The maximum Gasteiger partial charge on any atom is 0.416 e. The third-order valence-corrected chi connectivity index (χ3v) is 5.02. The molecule has 1 saturated carbocycles. The monoisotopic (exact) mass is 379 g/mol. The minimum absolute atomic E-state index is 0.211. The second-order valence-corrected chi connectivity index (χ2v) is 7.10. The molecule has 0 spiro atoms. The van der Waals surface area contributed by atoms with Gasteiger partial charge in [0.2, 0.25) is 0 Å². The number of halogens is 3. The molecule has 1 aliphatic rings. The summed E-state index contributed by atoms with van der Waals surface area (Å²) in [5.41, 5.74) is 0.542. The van der Waals surface area contributed by atoms with E-state index >= 15 is 0 Å². The van der Waals surface area contributed by atoms with Crippen LogP contribution in [-0.4, -0.2) is 21.1 Å². The van der Waals surface area contributed by atoms with Gasteiger partial charge < -0.3 is 4.52 Å². The number of benzene rings is 1. The van der Waals surface area contributed by atoms with Crippen LogP contribution in [0.1, 0.15) is 29.8 Å². The maximum absolute atomic E-state index is 13.2. The lowest BCUT2D eigenvalue weighted by molar-refractivity contribution is -0.138. The fourth-order valence-corrected chi connectivity index (χ4v) is 3.54. The van der Waals surface area contributed by atoms with E-state index < -0.39 is 11.7 Å². The smallest absolute Gasteiger partial charge is 0.334 e. The summed E-state index contributed by atoms with van der Waals surface area (Å²) in [6.07, 6.45) is -2.41. The van der Waals surface area contributed by atoms with Gasteiger partial charge in [0.1, 0.15) is 0 Å². The molecule has 2 aromatic heterocycles. The summed E-state index contributed by atoms with van der Waals surface area (Å²) in [7, 11) is 0. The standard InChI is InChI=1S/C18H16F3N3OS/c19-18(20,21)15-4-2-1-3-12(15)9-24(14-5-6-14)10-16-22-17(25-23-16)13-7-8-26-11-13/h1-4,7-8,11,14H,5-6,9-10H2. The van der Waals surface area contributed by atoms with Crippen LogP contribution in [0.3, 0.4) is 0 Å². The molecule has 0 N–H and O–H groups in total. The van der Waals surface area contributed by atoms with E-state index in [9.17, 15) is 13.2 Å². The van der Waals surface area contributed by atoms with Crippen molar-refractivity contribution in [2.75, 3.05) is 0 Å². The van der Waals surface area contributed by atoms with Gasteiger partial charge in [-0.2, -0.15) is 29.5 Å². The summed E-state index contributed by atoms with van der Waals surface area (Å²) in [4.78, 5) is 6.37. The zero-order valence-corrected chi connectivity index (χ0v) is 14.6. The first-order valence-electron chi connectivity index (χ1n) is 8.25. The second-order valence-electron chi connectivity index (χ2n) is 6.32. The molecule has 0 amide bonds. The van der Waals surface area contributed by atoms with E-state index in [4.69, 9.17) is 4.52 Å². The van der Waals surface area contributed by atoms with E-state index in [0.717, 1.165) is 24.5 Å². The van der Waals surface area contributed by atoms with Crippen LogP contribution >= 0.6 is 11.3 Å². The summed E-state index contributed by atoms with van der Waals surface area (Å²) in [6.45, 7) is 0.577. The van der Waals surface area contributed by atoms with Crippen molar-refractivity contribution in [1.82, 2.24) is 15.0 Å². The van der Waals surface area contributed by atoms with Crippen molar-refractivity contribution in [2.24, 2.45) is 0 Å². The maximum atomic E-state index is 13.2. The topological polar surface area (TPSA) is 42.2 Å². The van der Waals surface area contributed by atoms with Gasteiger partial charge in [0.05, 0.1) is 17.7 Å². The van der Waals surface area contributed by atoms with Crippen LogP contribution in [0.4, 0.5) is 13.2 Å². The summed E-state index contributed by atoms with van der Waals surface area (Å²) >= 11 is 1.53. The normalized spacial score (nSPS) is 14.9. The molecule has 0 saturated heterocycles. The summed E-state index contributed by atoms with van der Waals surface area (Å²) in [5.74, 6) is 0.926. The van der Waals surface area contributed by atoms with Crippen molar-refractivity contribution >= 4 is 11.3 Å². The molecule has 4 nitrogen and oxygen atoms in total. The first-order valence-corrected chi connectivity index (χ1v) is 9.19. The lowest BCUT2D eigenvalue weighted by Crippen LogP contribution is -2.27. The quantitative estimate of drug-likeness (QED) is 0.606. The summed E-state index contributed by atoms with van der Waals surface area (Å²) in [5, 5.41) is 7.82.